The quantitative estimate of drug-likeness (QED) is 0.262. The lowest BCUT2D eigenvalue weighted by atomic mass is 10.0. The predicted octanol–water partition coefficient (Wildman–Crippen LogP) is 4.62. The number of aromatic nitrogens is 1. The third kappa shape index (κ3) is 4.55. The lowest BCUT2D eigenvalue weighted by Crippen LogP contribution is -2.20. The molecule has 3 aromatic rings. The summed E-state index contributed by atoms with van der Waals surface area (Å²) in [5.74, 6) is -0.142. The average molecular weight is 428 g/mol. The molecule has 29 heavy (non-hydrogen) atoms. The van der Waals surface area contributed by atoms with E-state index in [0.29, 0.717) is 16.4 Å². The van der Waals surface area contributed by atoms with Gasteiger partial charge in [-0.1, -0.05) is 30.3 Å². The van der Waals surface area contributed by atoms with E-state index in [4.69, 9.17) is 17.0 Å². The maximum absolute atomic E-state index is 12.5. The van der Waals surface area contributed by atoms with E-state index < -0.39 is 10.9 Å². The van der Waals surface area contributed by atoms with Crippen molar-refractivity contribution in [2.75, 3.05) is 17.7 Å². The van der Waals surface area contributed by atoms with E-state index in [1.807, 2.05) is 37.3 Å². The number of thiocarbonyl (C=S) groups is 1. The Bertz CT molecular complexity index is 1070. The number of methoxy groups -OCH3 is 1. The number of hydrogen-bond donors (Lipinski definition) is 2. The Kier molecular flexibility index (Phi) is 6.15. The zero-order valence-electron chi connectivity index (χ0n) is 15.5. The van der Waals surface area contributed by atoms with Crippen LogP contribution in [0.4, 0.5) is 16.5 Å². The van der Waals surface area contributed by atoms with Gasteiger partial charge in [0.05, 0.1) is 12.0 Å². The van der Waals surface area contributed by atoms with Crippen molar-refractivity contribution in [1.29, 1.82) is 0 Å². The van der Waals surface area contributed by atoms with Gasteiger partial charge in [0.2, 0.25) is 0 Å². The van der Waals surface area contributed by atoms with E-state index >= 15 is 0 Å². The van der Waals surface area contributed by atoms with Crippen LogP contribution < -0.4 is 10.6 Å². The van der Waals surface area contributed by atoms with Crippen LogP contribution in [-0.2, 0) is 4.74 Å². The number of benzene rings is 1. The second-order valence-corrected chi connectivity index (χ2v) is 7.47. The number of aryl methyl sites for hydroxylation is 1. The van der Waals surface area contributed by atoms with Gasteiger partial charge in [-0.15, -0.1) is 11.3 Å². The SMILES string of the molecule is COC(=O)c1c(NC(=S)Nc2ccc([N+](=O)[O-])cn2)sc(C)c1-c1ccccc1. The first-order valence-electron chi connectivity index (χ1n) is 8.36. The number of rotatable bonds is 5. The zero-order valence-corrected chi connectivity index (χ0v) is 17.1. The van der Waals surface area contributed by atoms with E-state index in [9.17, 15) is 14.9 Å². The Labute approximate surface area is 175 Å². The van der Waals surface area contributed by atoms with E-state index in [0.717, 1.165) is 22.2 Å². The number of esters is 1. The number of pyridine rings is 1. The monoisotopic (exact) mass is 428 g/mol. The minimum Gasteiger partial charge on any atom is -0.465 e. The maximum Gasteiger partial charge on any atom is 0.341 e. The second-order valence-electron chi connectivity index (χ2n) is 5.83. The van der Waals surface area contributed by atoms with Crippen molar-refractivity contribution >= 4 is 51.1 Å². The van der Waals surface area contributed by atoms with Gasteiger partial charge in [-0.25, -0.2) is 9.78 Å². The Hall–Kier alpha value is -3.37. The molecule has 0 fully saturated rings. The van der Waals surface area contributed by atoms with Crippen LogP contribution in [0.15, 0.2) is 48.7 Å². The van der Waals surface area contributed by atoms with E-state index in [1.54, 1.807) is 0 Å². The predicted molar refractivity (Wildman–Crippen MR) is 117 cm³/mol. The normalized spacial score (nSPS) is 10.3. The lowest BCUT2D eigenvalue weighted by molar-refractivity contribution is -0.385. The lowest BCUT2D eigenvalue weighted by Gasteiger charge is -2.11. The van der Waals surface area contributed by atoms with Crippen LogP contribution in [0.5, 0.6) is 0 Å². The fourth-order valence-corrected chi connectivity index (χ4v) is 4.04. The van der Waals surface area contributed by atoms with Crippen molar-refractivity contribution in [3.05, 3.63) is 69.2 Å². The summed E-state index contributed by atoms with van der Waals surface area (Å²) in [5.41, 5.74) is 1.94. The molecule has 0 aliphatic carbocycles. The molecule has 0 unspecified atom stereocenters. The largest absolute Gasteiger partial charge is 0.465 e. The van der Waals surface area contributed by atoms with Crippen LogP contribution in [0, 0.1) is 17.0 Å². The van der Waals surface area contributed by atoms with Crippen LogP contribution in [0.25, 0.3) is 11.1 Å². The molecule has 0 aliphatic rings. The van der Waals surface area contributed by atoms with Crippen molar-refractivity contribution in [2.45, 2.75) is 6.92 Å². The van der Waals surface area contributed by atoms with Crippen LogP contribution in [0.1, 0.15) is 15.2 Å². The summed E-state index contributed by atoms with van der Waals surface area (Å²) in [6.45, 7) is 1.92. The summed E-state index contributed by atoms with van der Waals surface area (Å²) in [4.78, 5) is 27.6. The molecule has 0 amide bonds. The number of hydrogen-bond acceptors (Lipinski definition) is 7. The fourth-order valence-electron chi connectivity index (χ4n) is 2.70. The first-order valence-corrected chi connectivity index (χ1v) is 9.58. The molecule has 0 saturated carbocycles. The number of nitrogens with zero attached hydrogens (tertiary/aromatic N) is 2. The minimum atomic E-state index is -0.532. The summed E-state index contributed by atoms with van der Waals surface area (Å²) in [7, 11) is 1.32. The van der Waals surface area contributed by atoms with Crippen LogP contribution in [-0.4, -0.2) is 28.1 Å². The van der Waals surface area contributed by atoms with Gasteiger partial charge in [0.1, 0.15) is 22.6 Å². The molecule has 0 saturated heterocycles. The molecular formula is C19H16N4O4S2. The highest BCUT2D eigenvalue weighted by Gasteiger charge is 2.24. The summed E-state index contributed by atoms with van der Waals surface area (Å²) in [5, 5.41) is 17.3. The van der Waals surface area contributed by atoms with Crippen molar-refractivity contribution in [3.63, 3.8) is 0 Å². The van der Waals surface area contributed by atoms with E-state index in [1.165, 1.54) is 30.6 Å². The molecule has 148 valence electrons. The molecule has 2 heterocycles. The molecule has 0 bridgehead atoms. The maximum atomic E-state index is 12.5. The van der Waals surface area contributed by atoms with Gasteiger partial charge >= 0.3 is 5.97 Å². The van der Waals surface area contributed by atoms with Crippen LogP contribution >= 0.6 is 23.6 Å². The standard InChI is InChI=1S/C19H16N4O4S2/c1-11-15(12-6-4-3-5-7-12)16(18(24)27-2)17(29-11)22-19(28)21-14-9-8-13(10-20-14)23(25)26/h3-10H,1-2H3,(H2,20,21,22,28). The molecule has 8 nitrogen and oxygen atoms in total. The molecule has 10 heteroatoms. The number of carbonyl (C=O) groups is 1. The summed E-state index contributed by atoms with van der Waals surface area (Å²) < 4.78 is 4.98. The van der Waals surface area contributed by atoms with Crippen molar-refractivity contribution in [1.82, 2.24) is 4.98 Å². The van der Waals surface area contributed by atoms with Gasteiger partial charge in [-0.05, 0) is 30.8 Å². The average Bonchev–Trinajstić information content (AvgIpc) is 3.03. The van der Waals surface area contributed by atoms with E-state index in [-0.39, 0.29) is 10.8 Å². The zero-order chi connectivity index (χ0) is 21.0. The summed E-state index contributed by atoms with van der Waals surface area (Å²) in [6, 6.07) is 12.3. The van der Waals surface area contributed by atoms with Gasteiger partial charge in [-0.3, -0.25) is 10.1 Å². The Balaban J connectivity index is 1.87. The van der Waals surface area contributed by atoms with Crippen molar-refractivity contribution in [2.24, 2.45) is 0 Å². The molecule has 3 rings (SSSR count). The number of thiophene rings is 1. The Morgan fingerprint density at radius 2 is 1.93 bits per heavy atom. The molecule has 0 atom stereocenters. The highest BCUT2D eigenvalue weighted by atomic mass is 32.1. The summed E-state index contributed by atoms with van der Waals surface area (Å²) >= 11 is 6.69. The van der Waals surface area contributed by atoms with Gasteiger partial charge in [0.25, 0.3) is 5.69 Å². The number of anilines is 2. The number of carbonyl (C=O) groups excluding carboxylic acids is 1. The molecule has 1 aromatic carbocycles. The highest BCUT2D eigenvalue weighted by molar-refractivity contribution is 7.80. The van der Waals surface area contributed by atoms with Crippen molar-refractivity contribution in [3.8, 4) is 11.1 Å². The number of nitrogens with one attached hydrogen (secondary N) is 2. The first-order chi connectivity index (χ1) is 13.9. The smallest absolute Gasteiger partial charge is 0.341 e. The molecule has 2 N–H and O–H groups in total. The topological polar surface area (TPSA) is 106 Å². The number of ether oxygens (including phenoxy) is 1. The molecule has 0 aliphatic heterocycles. The van der Waals surface area contributed by atoms with Crippen LogP contribution in [0.3, 0.4) is 0 Å². The number of nitro groups is 1. The fraction of sp³-hybridized carbons (Fsp3) is 0.105. The molecule has 0 radical (unpaired) electrons. The van der Waals surface area contributed by atoms with Gasteiger partial charge in [-0.2, -0.15) is 0 Å². The minimum absolute atomic E-state index is 0.121. The van der Waals surface area contributed by atoms with E-state index in [2.05, 4.69) is 15.6 Å². The Morgan fingerprint density at radius 1 is 1.21 bits per heavy atom. The summed E-state index contributed by atoms with van der Waals surface area (Å²) in [6.07, 6.45) is 1.13. The van der Waals surface area contributed by atoms with Gasteiger partial charge in [0.15, 0.2) is 5.11 Å². The molecular weight excluding hydrogens is 412 g/mol. The first kappa shape index (κ1) is 20.4. The molecule has 0 spiro atoms. The third-order valence-electron chi connectivity index (χ3n) is 3.96. The highest BCUT2D eigenvalue weighted by Crippen LogP contribution is 2.40. The van der Waals surface area contributed by atoms with Crippen LogP contribution in [0.2, 0.25) is 0 Å². The third-order valence-corrected chi connectivity index (χ3v) is 5.19. The van der Waals surface area contributed by atoms with Crippen molar-refractivity contribution < 1.29 is 14.5 Å². The Morgan fingerprint density at radius 3 is 2.52 bits per heavy atom. The second kappa shape index (κ2) is 8.76. The van der Waals surface area contributed by atoms with Gasteiger partial charge < -0.3 is 15.4 Å². The molecule has 2 aromatic heterocycles. The van der Waals surface area contributed by atoms with Gasteiger partial charge in [0, 0.05) is 16.5 Å².